The van der Waals surface area contributed by atoms with Gasteiger partial charge in [0.15, 0.2) is 0 Å². The van der Waals surface area contributed by atoms with Gasteiger partial charge in [0.1, 0.15) is 5.78 Å². The van der Waals surface area contributed by atoms with Crippen LogP contribution in [0.3, 0.4) is 0 Å². The first-order valence-electron chi connectivity index (χ1n) is 2.54. The number of rotatable bonds is 0. The first-order chi connectivity index (χ1) is 3.39. The van der Waals surface area contributed by atoms with E-state index < -0.39 is 0 Å². The van der Waals surface area contributed by atoms with Gasteiger partial charge >= 0.3 is 22.4 Å². The molecule has 0 radical (unpaired) electrons. The monoisotopic (exact) mass is 205 g/mol. The Morgan fingerprint density at radius 3 is 2.00 bits per heavy atom. The molecule has 50 valence electrons. The number of hydrogen-bond donors (Lipinski definition) is 0. The Hall–Kier alpha value is 0.370. The molecule has 2 nitrogen and oxygen atoms in total. The van der Waals surface area contributed by atoms with Gasteiger partial charge in [0.2, 0.25) is 0 Å². The van der Waals surface area contributed by atoms with Crippen LogP contribution in [0.2, 0.25) is 0 Å². The Balaban J connectivity index is 0.000000490. The maximum absolute atomic E-state index is 10.4. The minimum Gasteiger partial charge on any atom is -0.662 e. The molecule has 0 bridgehead atoms. The van der Waals surface area contributed by atoms with Gasteiger partial charge < -0.3 is 5.32 Å². The number of carbonyl (C=O) groups is 1. The predicted molar refractivity (Wildman–Crippen MR) is 27.3 cm³/mol. The number of nitrogens with zero attached hydrogens (tertiary/aromatic N) is 1. The van der Waals surface area contributed by atoms with Crippen LogP contribution in [-0.4, -0.2) is 18.9 Å². The Bertz CT molecular complexity index is 76.5. The van der Waals surface area contributed by atoms with Gasteiger partial charge in [-0.3, -0.25) is 4.79 Å². The topological polar surface area (TPSA) is 31.2 Å². The summed E-state index contributed by atoms with van der Waals surface area (Å²) in [6, 6.07) is 0. The van der Waals surface area contributed by atoms with Gasteiger partial charge in [0.05, 0.1) is 0 Å². The summed E-state index contributed by atoms with van der Waals surface area (Å²) in [6.45, 7) is 1.53. The molecule has 0 aromatic carbocycles. The third-order valence-electron chi connectivity index (χ3n) is 1.10. The number of hydrogen-bond acceptors (Lipinski definition) is 1. The molecule has 1 aliphatic heterocycles. The average molecular weight is 206 g/mol. The summed E-state index contributed by atoms with van der Waals surface area (Å²) >= 11 is 0. The van der Waals surface area contributed by atoms with Gasteiger partial charge in [-0.2, -0.15) is 0 Å². The summed E-state index contributed by atoms with van der Waals surface area (Å²) in [4.78, 5) is 10.4. The van der Waals surface area contributed by atoms with Crippen molar-refractivity contribution in [3.63, 3.8) is 0 Å². The number of carbonyl (C=O) groups excluding carboxylic acids is 1. The standard InChI is InChI=1S/C5H8NO.Ag/c7-5-1-3-6-4-2-5;/h1-4H2;/q-1;+1. The Morgan fingerprint density at radius 2 is 1.75 bits per heavy atom. The van der Waals surface area contributed by atoms with E-state index in [1.54, 1.807) is 0 Å². The first-order valence-corrected chi connectivity index (χ1v) is 2.54. The van der Waals surface area contributed by atoms with Crippen molar-refractivity contribution in [3.05, 3.63) is 5.32 Å². The zero-order valence-corrected chi connectivity index (χ0v) is 5.97. The molecule has 0 aliphatic carbocycles. The van der Waals surface area contributed by atoms with Gasteiger partial charge in [-0.05, 0) is 12.8 Å². The van der Waals surface area contributed by atoms with Crippen molar-refractivity contribution >= 4 is 5.78 Å². The van der Waals surface area contributed by atoms with Crippen molar-refractivity contribution in [1.82, 2.24) is 0 Å². The molecule has 0 aromatic rings. The quantitative estimate of drug-likeness (QED) is 0.537. The zero-order chi connectivity index (χ0) is 5.11. The molecule has 1 aliphatic rings. The van der Waals surface area contributed by atoms with E-state index in [0.717, 1.165) is 13.1 Å². The van der Waals surface area contributed by atoms with Gasteiger partial charge in [-0.1, -0.05) is 0 Å². The molecule has 3 heteroatoms. The molecule has 1 saturated heterocycles. The van der Waals surface area contributed by atoms with Gasteiger partial charge in [-0.25, -0.2) is 0 Å². The van der Waals surface area contributed by atoms with Crippen molar-refractivity contribution < 1.29 is 27.2 Å². The van der Waals surface area contributed by atoms with Crippen LogP contribution in [0.15, 0.2) is 0 Å². The van der Waals surface area contributed by atoms with Gasteiger partial charge in [0, 0.05) is 0 Å². The second kappa shape index (κ2) is 4.27. The third kappa shape index (κ3) is 2.62. The SMILES string of the molecule is O=C1CC[N-]CC1.[Ag+]. The van der Waals surface area contributed by atoms with E-state index in [4.69, 9.17) is 0 Å². The molecule has 0 amide bonds. The van der Waals surface area contributed by atoms with Crippen LogP contribution in [0, 0.1) is 0 Å². The second-order valence-electron chi connectivity index (χ2n) is 1.71. The van der Waals surface area contributed by atoms with E-state index in [1.165, 1.54) is 0 Å². The van der Waals surface area contributed by atoms with Crippen molar-refractivity contribution in [2.24, 2.45) is 0 Å². The molecule has 0 saturated carbocycles. The van der Waals surface area contributed by atoms with E-state index in [0.29, 0.717) is 18.6 Å². The van der Waals surface area contributed by atoms with E-state index >= 15 is 0 Å². The summed E-state index contributed by atoms with van der Waals surface area (Å²) in [5.74, 6) is 0.370. The van der Waals surface area contributed by atoms with Gasteiger partial charge in [-0.15, -0.1) is 13.1 Å². The zero-order valence-electron chi connectivity index (χ0n) is 4.49. The minimum atomic E-state index is 0. The predicted octanol–water partition coefficient (Wildman–Crippen LogP) is 0.721. The molecule has 0 aromatic heterocycles. The van der Waals surface area contributed by atoms with Crippen LogP contribution < -0.4 is 0 Å². The van der Waals surface area contributed by atoms with E-state index in [-0.39, 0.29) is 22.4 Å². The Morgan fingerprint density at radius 1 is 1.25 bits per heavy atom. The summed E-state index contributed by atoms with van der Waals surface area (Å²) in [7, 11) is 0. The molecule has 0 N–H and O–H groups in total. The largest absolute Gasteiger partial charge is 1.00 e. The maximum Gasteiger partial charge on any atom is 1.00 e. The van der Waals surface area contributed by atoms with Crippen LogP contribution in [0.1, 0.15) is 12.8 Å². The third-order valence-corrected chi connectivity index (χ3v) is 1.10. The maximum atomic E-state index is 10.4. The molecule has 8 heavy (non-hydrogen) atoms. The summed E-state index contributed by atoms with van der Waals surface area (Å²) in [5.41, 5.74) is 0. The Kier molecular flexibility index (Phi) is 4.47. The van der Waals surface area contributed by atoms with E-state index in [1.807, 2.05) is 0 Å². The molecule has 1 heterocycles. The first kappa shape index (κ1) is 8.37. The molecular formula is C5H8AgNO. The molecule has 1 rings (SSSR count). The molecule has 0 atom stereocenters. The smallest absolute Gasteiger partial charge is 0.662 e. The van der Waals surface area contributed by atoms with Crippen molar-refractivity contribution in [2.75, 3.05) is 13.1 Å². The summed E-state index contributed by atoms with van der Waals surface area (Å²) in [6.07, 6.45) is 1.36. The van der Waals surface area contributed by atoms with E-state index in [9.17, 15) is 4.79 Å². The molecule has 1 fully saturated rings. The second-order valence-corrected chi connectivity index (χ2v) is 1.71. The van der Waals surface area contributed by atoms with Crippen LogP contribution in [0.4, 0.5) is 0 Å². The average Bonchev–Trinajstić information content (AvgIpc) is 1.69. The number of ketones is 1. The molecular weight excluding hydrogens is 198 g/mol. The van der Waals surface area contributed by atoms with Crippen molar-refractivity contribution in [1.29, 1.82) is 0 Å². The summed E-state index contributed by atoms with van der Waals surface area (Å²) < 4.78 is 0. The fourth-order valence-corrected chi connectivity index (χ4v) is 0.644. The van der Waals surface area contributed by atoms with Crippen molar-refractivity contribution in [3.8, 4) is 0 Å². The number of Topliss-reactive ketones (excluding diaryl/α,β-unsaturated/α-hetero) is 1. The van der Waals surface area contributed by atoms with Crippen LogP contribution >= 0.6 is 0 Å². The number of piperidine rings is 1. The normalized spacial score (nSPS) is 19.8. The van der Waals surface area contributed by atoms with Crippen LogP contribution in [-0.2, 0) is 27.2 Å². The molecule has 0 spiro atoms. The molecule has 0 unspecified atom stereocenters. The summed E-state index contributed by atoms with van der Waals surface area (Å²) in [5, 5.41) is 4.01. The van der Waals surface area contributed by atoms with Gasteiger partial charge in [0.25, 0.3) is 0 Å². The van der Waals surface area contributed by atoms with Crippen LogP contribution in [0.25, 0.3) is 5.32 Å². The van der Waals surface area contributed by atoms with Crippen molar-refractivity contribution in [2.45, 2.75) is 12.8 Å². The fraction of sp³-hybridized carbons (Fsp3) is 0.800. The van der Waals surface area contributed by atoms with E-state index in [2.05, 4.69) is 5.32 Å². The minimum absolute atomic E-state index is 0. The van der Waals surface area contributed by atoms with Crippen LogP contribution in [0.5, 0.6) is 0 Å². The fourth-order valence-electron chi connectivity index (χ4n) is 0.644. The Labute approximate surface area is 64.5 Å².